The number of halogens is 3. The highest BCUT2D eigenvalue weighted by molar-refractivity contribution is 6.50. The number of anilines is 1. The third-order valence-corrected chi connectivity index (χ3v) is 4.96. The molecule has 1 aromatic carbocycles. The summed E-state index contributed by atoms with van der Waals surface area (Å²) in [5, 5.41) is 0.182. The number of para-hydroxylation sites is 1. The number of fused-ring (bicyclic) bond motifs is 1. The van der Waals surface area contributed by atoms with Crippen LogP contribution >= 0.6 is 34.8 Å². The fraction of sp³-hybridized carbons (Fsp3) is 0.200. The van der Waals surface area contributed by atoms with Crippen molar-refractivity contribution < 1.29 is 9.59 Å². The number of hydrogen-bond donors (Lipinski definition) is 0. The van der Waals surface area contributed by atoms with E-state index in [0.29, 0.717) is 5.69 Å². The summed E-state index contributed by atoms with van der Waals surface area (Å²) in [6.45, 7) is 0. The van der Waals surface area contributed by atoms with Gasteiger partial charge in [0.05, 0.1) is 11.6 Å². The van der Waals surface area contributed by atoms with Crippen molar-refractivity contribution in [2.24, 2.45) is 11.3 Å². The number of carbonyl (C=O) groups is 2. The Labute approximate surface area is 136 Å². The van der Waals surface area contributed by atoms with Gasteiger partial charge in [0.15, 0.2) is 0 Å². The molecule has 1 aromatic rings. The lowest BCUT2D eigenvalue weighted by Crippen LogP contribution is -2.42. The highest BCUT2D eigenvalue weighted by Crippen LogP contribution is 2.54. The van der Waals surface area contributed by atoms with Crippen molar-refractivity contribution >= 4 is 52.3 Å². The minimum absolute atomic E-state index is 0.182. The predicted molar refractivity (Wildman–Crippen MR) is 83.4 cm³/mol. The molecule has 0 N–H and O–H groups in total. The molecule has 2 aliphatic rings. The number of allylic oxidation sites excluding steroid dienone is 2. The first kappa shape index (κ1) is 14.6. The van der Waals surface area contributed by atoms with Gasteiger partial charge in [0, 0.05) is 5.03 Å². The van der Waals surface area contributed by atoms with E-state index in [2.05, 4.69) is 0 Å². The van der Waals surface area contributed by atoms with Crippen LogP contribution in [-0.4, -0.2) is 16.7 Å². The normalized spacial score (nSPS) is 28.1. The van der Waals surface area contributed by atoms with Crippen molar-refractivity contribution in [1.82, 2.24) is 0 Å². The van der Waals surface area contributed by atoms with Crippen molar-refractivity contribution in [2.75, 3.05) is 4.90 Å². The first-order valence-corrected chi connectivity index (χ1v) is 7.52. The molecule has 2 atom stereocenters. The van der Waals surface area contributed by atoms with Gasteiger partial charge in [-0.2, -0.15) is 0 Å². The lowest BCUT2D eigenvalue weighted by molar-refractivity contribution is -0.123. The predicted octanol–water partition coefficient (Wildman–Crippen LogP) is 3.66. The summed E-state index contributed by atoms with van der Waals surface area (Å²) in [7, 11) is 0. The first-order valence-electron chi connectivity index (χ1n) is 6.27. The van der Waals surface area contributed by atoms with Crippen molar-refractivity contribution in [3.63, 3.8) is 0 Å². The smallest absolute Gasteiger partial charge is 0.249 e. The molecule has 0 aromatic heterocycles. The second-order valence-electron chi connectivity index (χ2n) is 4.86. The molecule has 1 fully saturated rings. The summed E-state index contributed by atoms with van der Waals surface area (Å²) in [6.07, 6.45) is 4.81. The van der Waals surface area contributed by atoms with E-state index in [1.807, 2.05) is 0 Å². The van der Waals surface area contributed by atoms with Crippen LogP contribution in [0.5, 0.6) is 0 Å². The monoisotopic (exact) mass is 341 g/mol. The van der Waals surface area contributed by atoms with Crippen molar-refractivity contribution in [3.8, 4) is 0 Å². The molecule has 108 valence electrons. The third-order valence-electron chi connectivity index (χ3n) is 3.83. The van der Waals surface area contributed by atoms with E-state index in [-0.39, 0.29) is 10.9 Å². The van der Waals surface area contributed by atoms with Crippen LogP contribution in [0, 0.1) is 11.3 Å². The van der Waals surface area contributed by atoms with E-state index in [9.17, 15) is 9.59 Å². The van der Waals surface area contributed by atoms with E-state index in [1.54, 1.807) is 48.6 Å². The highest BCUT2D eigenvalue weighted by Gasteiger charge is 2.64. The SMILES string of the molecule is O=C1C2C=CC=C(Cl)C2(C(Cl)Cl)C(=O)N1c1ccccc1. The summed E-state index contributed by atoms with van der Waals surface area (Å²) >= 11 is 18.3. The molecule has 21 heavy (non-hydrogen) atoms. The Balaban J connectivity index is 2.18. The van der Waals surface area contributed by atoms with Gasteiger partial charge in [-0.3, -0.25) is 9.59 Å². The largest absolute Gasteiger partial charge is 0.273 e. The van der Waals surface area contributed by atoms with Crippen LogP contribution in [0.25, 0.3) is 0 Å². The molecule has 2 unspecified atom stereocenters. The van der Waals surface area contributed by atoms with E-state index in [0.717, 1.165) is 4.90 Å². The summed E-state index contributed by atoms with van der Waals surface area (Å²) in [6, 6.07) is 8.66. The standard InChI is InChI=1S/C15H10Cl3NO2/c16-11-8-4-7-10-12(20)19(9-5-2-1-3-6-9)14(21)15(10,11)13(17)18/h1-8,10,13H. The molecule has 3 nitrogen and oxygen atoms in total. The van der Waals surface area contributed by atoms with E-state index in [4.69, 9.17) is 34.8 Å². The maximum absolute atomic E-state index is 12.9. The Bertz CT molecular complexity index is 669. The zero-order valence-corrected chi connectivity index (χ0v) is 12.9. The Morgan fingerprint density at radius 3 is 2.38 bits per heavy atom. The molecule has 3 rings (SSSR count). The zero-order chi connectivity index (χ0) is 15.2. The highest BCUT2D eigenvalue weighted by atomic mass is 35.5. The van der Waals surface area contributed by atoms with Crippen LogP contribution < -0.4 is 4.90 Å². The molecular formula is C15H10Cl3NO2. The molecule has 0 radical (unpaired) electrons. The zero-order valence-electron chi connectivity index (χ0n) is 10.7. The minimum Gasteiger partial charge on any atom is -0.273 e. The maximum atomic E-state index is 12.9. The lowest BCUT2D eigenvalue weighted by atomic mass is 9.75. The second kappa shape index (κ2) is 5.16. The Morgan fingerprint density at radius 2 is 1.81 bits per heavy atom. The molecule has 0 bridgehead atoms. The molecule has 1 aliphatic heterocycles. The number of rotatable bonds is 2. The van der Waals surface area contributed by atoms with Crippen molar-refractivity contribution in [2.45, 2.75) is 4.84 Å². The van der Waals surface area contributed by atoms with Crippen LogP contribution in [0.15, 0.2) is 53.6 Å². The van der Waals surface area contributed by atoms with Gasteiger partial charge in [0.1, 0.15) is 10.3 Å². The second-order valence-corrected chi connectivity index (χ2v) is 6.36. The number of benzene rings is 1. The molecule has 1 aliphatic carbocycles. The van der Waals surface area contributed by atoms with Crippen LogP contribution in [-0.2, 0) is 9.59 Å². The van der Waals surface area contributed by atoms with Crippen molar-refractivity contribution in [3.05, 3.63) is 53.6 Å². The summed E-state index contributed by atoms with van der Waals surface area (Å²) in [5.41, 5.74) is -0.958. The van der Waals surface area contributed by atoms with Gasteiger partial charge in [-0.25, -0.2) is 4.90 Å². The molecule has 1 heterocycles. The molecule has 0 saturated carbocycles. The quantitative estimate of drug-likeness (QED) is 0.607. The first-order chi connectivity index (χ1) is 10.0. The van der Waals surface area contributed by atoms with Gasteiger partial charge in [-0.15, -0.1) is 23.2 Å². The Kier molecular flexibility index (Phi) is 3.60. The average Bonchev–Trinajstić information content (AvgIpc) is 2.70. The van der Waals surface area contributed by atoms with Gasteiger partial charge >= 0.3 is 0 Å². The van der Waals surface area contributed by atoms with Crippen LogP contribution in [0.3, 0.4) is 0 Å². The molecule has 2 amide bonds. The van der Waals surface area contributed by atoms with E-state index < -0.39 is 22.1 Å². The average molecular weight is 343 g/mol. The number of hydrogen-bond acceptors (Lipinski definition) is 2. The van der Waals surface area contributed by atoms with Gasteiger partial charge in [0.2, 0.25) is 11.8 Å². The van der Waals surface area contributed by atoms with E-state index >= 15 is 0 Å². The fourth-order valence-electron chi connectivity index (χ4n) is 2.78. The number of nitrogens with zero attached hydrogens (tertiary/aromatic N) is 1. The molecule has 0 spiro atoms. The number of amides is 2. The van der Waals surface area contributed by atoms with Crippen LogP contribution in [0.4, 0.5) is 5.69 Å². The van der Waals surface area contributed by atoms with Crippen LogP contribution in [0.1, 0.15) is 0 Å². The number of imide groups is 1. The minimum atomic E-state index is -1.44. The van der Waals surface area contributed by atoms with Gasteiger partial charge in [0.25, 0.3) is 0 Å². The lowest BCUT2D eigenvalue weighted by Gasteiger charge is -2.32. The maximum Gasteiger partial charge on any atom is 0.249 e. The summed E-state index contributed by atoms with van der Waals surface area (Å²) in [5.74, 6) is -1.66. The molecule has 1 saturated heterocycles. The molecule has 6 heteroatoms. The van der Waals surface area contributed by atoms with Crippen molar-refractivity contribution in [1.29, 1.82) is 0 Å². The Morgan fingerprint density at radius 1 is 1.14 bits per heavy atom. The van der Waals surface area contributed by atoms with E-state index in [1.165, 1.54) is 0 Å². The number of alkyl halides is 2. The summed E-state index contributed by atoms with van der Waals surface area (Å²) < 4.78 is 0. The third kappa shape index (κ3) is 1.88. The van der Waals surface area contributed by atoms with Gasteiger partial charge in [-0.05, 0) is 18.2 Å². The molecular weight excluding hydrogens is 333 g/mol. The summed E-state index contributed by atoms with van der Waals surface area (Å²) in [4.78, 5) is 25.5. The topological polar surface area (TPSA) is 37.4 Å². The van der Waals surface area contributed by atoms with Gasteiger partial charge in [-0.1, -0.05) is 42.0 Å². The van der Waals surface area contributed by atoms with Crippen LogP contribution in [0.2, 0.25) is 0 Å². The number of carbonyl (C=O) groups excluding carboxylic acids is 2. The fourth-order valence-corrected chi connectivity index (χ4v) is 3.97. The van der Waals surface area contributed by atoms with Gasteiger partial charge < -0.3 is 0 Å². The Hall–Kier alpha value is -1.29.